The Kier molecular flexibility index (Phi) is 4.80. The standard InChI is InChI=1S/C17H16N4O3S/c1-24-14-9-7-13(8-10-14)18-16-11-12-17(20-19-16)21-25(22,23)15-5-3-2-4-6-15/h2-12H,1H3,(H,18,19)(H,20,21). The number of nitrogens with one attached hydrogen (secondary N) is 2. The Labute approximate surface area is 145 Å². The molecule has 0 saturated heterocycles. The van der Waals surface area contributed by atoms with E-state index in [1.54, 1.807) is 37.4 Å². The first-order chi connectivity index (χ1) is 12.1. The maximum atomic E-state index is 12.2. The lowest BCUT2D eigenvalue weighted by Crippen LogP contribution is -2.14. The second-order valence-corrected chi connectivity index (χ2v) is 6.76. The summed E-state index contributed by atoms with van der Waals surface area (Å²) in [6, 6.07) is 18.6. The Hall–Kier alpha value is -3.13. The van der Waals surface area contributed by atoms with Gasteiger partial charge in [-0.3, -0.25) is 4.72 Å². The summed E-state index contributed by atoms with van der Waals surface area (Å²) in [4.78, 5) is 0.164. The summed E-state index contributed by atoms with van der Waals surface area (Å²) >= 11 is 0. The van der Waals surface area contributed by atoms with Crippen molar-refractivity contribution in [1.29, 1.82) is 0 Å². The second kappa shape index (κ2) is 7.18. The van der Waals surface area contributed by atoms with Crippen molar-refractivity contribution in [2.45, 2.75) is 4.90 Å². The average molecular weight is 356 g/mol. The van der Waals surface area contributed by atoms with Crippen molar-refractivity contribution in [3.8, 4) is 5.75 Å². The molecule has 1 heterocycles. The number of sulfonamides is 1. The zero-order valence-electron chi connectivity index (χ0n) is 13.4. The summed E-state index contributed by atoms with van der Waals surface area (Å²) in [5.41, 5.74) is 0.813. The van der Waals surface area contributed by atoms with Gasteiger partial charge in [-0.2, -0.15) is 0 Å². The van der Waals surface area contributed by atoms with Crippen LogP contribution in [0.2, 0.25) is 0 Å². The smallest absolute Gasteiger partial charge is 0.263 e. The summed E-state index contributed by atoms with van der Waals surface area (Å²) in [6.45, 7) is 0. The number of methoxy groups -OCH3 is 1. The number of benzene rings is 2. The highest BCUT2D eigenvalue weighted by Crippen LogP contribution is 2.19. The van der Waals surface area contributed by atoms with Gasteiger partial charge in [0.2, 0.25) is 0 Å². The predicted octanol–water partition coefficient (Wildman–Crippen LogP) is 3.03. The van der Waals surface area contributed by atoms with Crippen LogP contribution in [0.5, 0.6) is 5.75 Å². The van der Waals surface area contributed by atoms with Gasteiger partial charge in [0, 0.05) is 5.69 Å². The molecule has 128 valence electrons. The third-order valence-corrected chi connectivity index (χ3v) is 4.69. The Morgan fingerprint density at radius 2 is 1.48 bits per heavy atom. The average Bonchev–Trinajstić information content (AvgIpc) is 2.64. The highest BCUT2D eigenvalue weighted by Gasteiger charge is 2.14. The summed E-state index contributed by atoms with van der Waals surface area (Å²) in [6.07, 6.45) is 0. The van der Waals surface area contributed by atoms with Gasteiger partial charge in [0.1, 0.15) is 5.75 Å². The lowest BCUT2D eigenvalue weighted by Gasteiger charge is -2.08. The van der Waals surface area contributed by atoms with Gasteiger partial charge in [-0.15, -0.1) is 10.2 Å². The van der Waals surface area contributed by atoms with Crippen molar-refractivity contribution in [3.63, 3.8) is 0 Å². The van der Waals surface area contributed by atoms with Gasteiger partial charge in [0.25, 0.3) is 10.0 Å². The van der Waals surface area contributed by atoms with Crippen LogP contribution in [0.4, 0.5) is 17.3 Å². The summed E-state index contributed by atoms with van der Waals surface area (Å²) in [5, 5.41) is 10.9. The van der Waals surface area contributed by atoms with Gasteiger partial charge in [0.05, 0.1) is 12.0 Å². The first-order valence-corrected chi connectivity index (χ1v) is 8.88. The normalized spacial score (nSPS) is 10.9. The zero-order chi connectivity index (χ0) is 17.7. The number of nitrogens with zero attached hydrogens (tertiary/aromatic N) is 2. The number of hydrogen-bond donors (Lipinski definition) is 2. The van der Waals surface area contributed by atoms with E-state index in [4.69, 9.17) is 4.74 Å². The van der Waals surface area contributed by atoms with Crippen molar-refractivity contribution in [1.82, 2.24) is 10.2 Å². The molecule has 8 heteroatoms. The molecule has 0 unspecified atom stereocenters. The third-order valence-electron chi connectivity index (χ3n) is 3.32. The first-order valence-electron chi connectivity index (χ1n) is 7.39. The quantitative estimate of drug-likeness (QED) is 0.705. The molecule has 0 aliphatic rings. The number of anilines is 3. The molecule has 0 amide bonds. The van der Waals surface area contributed by atoms with Crippen LogP contribution >= 0.6 is 0 Å². The summed E-state index contributed by atoms with van der Waals surface area (Å²) in [5.74, 6) is 1.39. The zero-order valence-corrected chi connectivity index (χ0v) is 14.2. The molecule has 2 N–H and O–H groups in total. The second-order valence-electron chi connectivity index (χ2n) is 5.08. The minimum atomic E-state index is -3.68. The van der Waals surface area contributed by atoms with Gasteiger partial charge in [-0.1, -0.05) is 18.2 Å². The molecule has 0 fully saturated rings. The fourth-order valence-corrected chi connectivity index (χ4v) is 3.09. The minimum absolute atomic E-state index is 0.143. The van der Waals surface area contributed by atoms with E-state index in [9.17, 15) is 8.42 Å². The van der Waals surface area contributed by atoms with E-state index in [1.807, 2.05) is 24.3 Å². The van der Waals surface area contributed by atoms with Crippen LogP contribution in [-0.4, -0.2) is 25.7 Å². The molecule has 2 aromatic carbocycles. The van der Waals surface area contributed by atoms with Crippen molar-refractivity contribution in [2.24, 2.45) is 0 Å². The highest BCUT2D eigenvalue weighted by atomic mass is 32.2. The monoisotopic (exact) mass is 356 g/mol. The van der Waals surface area contributed by atoms with E-state index in [1.165, 1.54) is 12.1 Å². The molecule has 1 aromatic heterocycles. The molecule has 0 atom stereocenters. The van der Waals surface area contributed by atoms with Crippen molar-refractivity contribution < 1.29 is 13.2 Å². The van der Waals surface area contributed by atoms with E-state index in [-0.39, 0.29) is 10.7 Å². The molecule has 25 heavy (non-hydrogen) atoms. The number of hydrogen-bond acceptors (Lipinski definition) is 6. The summed E-state index contributed by atoms with van der Waals surface area (Å²) in [7, 11) is -2.08. The Bertz CT molecular complexity index is 928. The van der Waals surface area contributed by atoms with Gasteiger partial charge >= 0.3 is 0 Å². The first kappa shape index (κ1) is 16.7. The minimum Gasteiger partial charge on any atom is -0.497 e. The number of aromatic nitrogens is 2. The topological polar surface area (TPSA) is 93.2 Å². The third kappa shape index (κ3) is 4.24. The largest absolute Gasteiger partial charge is 0.497 e. The Morgan fingerprint density at radius 3 is 2.08 bits per heavy atom. The van der Waals surface area contributed by atoms with Crippen LogP contribution in [0.1, 0.15) is 0 Å². The fourth-order valence-electron chi connectivity index (χ4n) is 2.07. The molecule has 0 bridgehead atoms. The van der Waals surface area contributed by atoms with Gasteiger partial charge in [-0.25, -0.2) is 8.42 Å². The lowest BCUT2D eigenvalue weighted by atomic mass is 10.3. The maximum absolute atomic E-state index is 12.2. The molecule has 3 aromatic rings. The molecule has 0 saturated carbocycles. The SMILES string of the molecule is COc1ccc(Nc2ccc(NS(=O)(=O)c3ccccc3)nn2)cc1. The molecule has 0 radical (unpaired) electrons. The van der Waals surface area contributed by atoms with Gasteiger partial charge in [0.15, 0.2) is 11.6 Å². The van der Waals surface area contributed by atoms with E-state index in [0.29, 0.717) is 5.82 Å². The molecule has 3 rings (SSSR count). The molecule has 0 aliphatic carbocycles. The van der Waals surface area contributed by atoms with E-state index >= 15 is 0 Å². The predicted molar refractivity (Wildman–Crippen MR) is 95.6 cm³/mol. The maximum Gasteiger partial charge on any atom is 0.263 e. The number of rotatable bonds is 6. The molecule has 0 spiro atoms. The molecular formula is C17H16N4O3S. The number of ether oxygens (including phenoxy) is 1. The van der Waals surface area contributed by atoms with E-state index in [2.05, 4.69) is 20.2 Å². The van der Waals surface area contributed by atoms with Crippen molar-refractivity contribution in [2.75, 3.05) is 17.1 Å². The van der Waals surface area contributed by atoms with Crippen LogP contribution in [-0.2, 0) is 10.0 Å². The van der Waals surface area contributed by atoms with Crippen LogP contribution < -0.4 is 14.8 Å². The van der Waals surface area contributed by atoms with E-state index in [0.717, 1.165) is 11.4 Å². The van der Waals surface area contributed by atoms with Crippen molar-refractivity contribution >= 4 is 27.3 Å². The van der Waals surface area contributed by atoms with Gasteiger partial charge in [-0.05, 0) is 48.5 Å². The van der Waals surface area contributed by atoms with Crippen molar-refractivity contribution in [3.05, 3.63) is 66.7 Å². The van der Waals surface area contributed by atoms with Crippen LogP contribution in [0, 0.1) is 0 Å². The lowest BCUT2D eigenvalue weighted by molar-refractivity contribution is 0.415. The van der Waals surface area contributed by atoms with Crippen LogP contribution in [0.25, 0.3) is 0 Å². The van der Waals surface area contributed by atoms with Crippen LogP contribution in [0.3, 0.4) is 0 Å². The van der Waals surface area contributed by atoms with Crippen LogP contribution in [0.15, 0.2) is 71.6 Å². The highest BCUT2D eigenvalue weighted by molar-refractivity contribution is 7.92. The molecule has 0 aliphatic heterocycles. The molecule has 7 nitrogen and oxygen atoms in total. The Balaban J connectivity index is 1.69. The van der Waals surface area contributed by atoms with E-state index < -0.39 is 10.0 Å². The van der Waals surface area contributed by atoms with Gasteiger partial charge < -0.3 is 10.1 Å². The molecular weight excluding hydrogens is 340 g/mol. The fraction of sp³-hybridized carbons (Fsp3) is 0.0588. The Morgan fingerprint density at radius 1 is 0.840 bits per heavy atom. The summed E-state index contributed by atoms with van der Waals surface area (Å²) < 4.78 is 32.0.